The van der Waals surface area contributed by atoms with Gasteiger partial charge in [-0.25, -0.2) is 0 Å². The van der Waals surface area contributed by atoms with E-state index in [1.165, 1.54) is 0 Å². The van der Waals surface area contributed by atoms with Crippen LogP contribution in [0.3, 0.4) is 0 Å². The molecule has 5 rings (SSSR count). The van der Waals surface area contributed by atoms with Crippen molar-refractivity contribution in [3.8, 4) is 5.75 Å². The van der Waals surface area contributed by atoms with Crippen molar-refractivity contribution in [2.24, 2.45) is 0 Å². The molecule has 32 heavy (non-hydrogen) atoms. The van der Waals surface area contributed by atoms with Gasteiger partial charge in [0.15, 0.2) is 0 Å². The Hall–Kier alpha value is -2.57. The molecule has 0 saturated carbocycles. The summed E-state index contributed by atoms with van der Waals surface area (Å²) >= 11 is 6.56. The van der Waals surface area contributed by atoms with Gasteiger partial charge in [0.05, 0.1) is 59.8 Å². The molecule has 168 valence electrons. The second kappa shape index (κ2) is 7.78. The third-order valence-corrected chi connectivity index (χ3v) is 6.99. The molecule has 0 spiro atoms. The van der Waals surface area contributed by atoms with Crippen LogP contribution in [0.25, 0.3) is 10.9 Å². The number of methoxy groups -OCH3 is 1. The Balaban J connectivity index is 1.71. The van der Waals surface area contributed by atoms with Crippen molar-refractivity contribution >= 4 is 39.6 Å². The summed E-state index contributed by atoms with van der Waals surface area (Å²) in [5.74, 6) is 0.638. The molecule has 7 heteroatoms. The highest BCUT2D eigenvalue weighted by atomic mass is 35.5. The second-order valence-electron chi connectivity index (χ2n) is 9.31. The minimum atomic E-state index is -0.0783. The Morgan fingerprint density at radius 1 is 1.12 bits per heavy atom. The van der Waals surface area contributed by atoms with E-state index in [0.717, 1.165) is 77.8 Å². The summed E-state index contributed by atoms with van der Waals surface area (Å²) < 4.78 is 11.0. The largest absolute Gasteiger partial charge is 0.495 e. The monoisotopic (exact) mass is 452 g/mol. The molecule has 0 atom stereocenters. The molecule has 0 amide bonds. The second-order valence-corrected chi connectivity index (χ2v) is 9.71. The van der Waals surface area contributed by atoms with E-state index in [1.54, 1.807) is 7.11 Å². The highest BCUT2D eigenvalue weighted by molar-refractivity contribution is 6.33. The first-order valence-electron chi connectivity index (χ1n) is 11.1. The third kappa shape index (κ3) is 3.37. The quantitative estimate of drug-likeness (QED) is 0.546. The molecule has 1 saturated heterocycles. The van der Waals surface area contributed by atoms with Crippen LogP contribution in [0.2, 0.25) is 5.02 Å². The van der Waals surface area contributed by atoms with E-state index in [9.17, 15) is 0 Å². The maximum atomic E-state index is 6.56. The van der Waals surface area contributed by atoms with Crippen LogP contribution in [0, 0.1) is 13.8 Å². The predicted molar refractivity (Wildman–Crippen MR) is 130 cm³/mol. The normalized spacial score (nSPS) is 17.7. The number of morpholine rings is 1. The standard InChI is InChI=1S/C25H29ClN4O2/c1-15-16(2)28-20-12-22(31-5)19(26)11-18(20)23(15)30-14-25(3,4)24-21(30)10-17(13-27-24)29-6-8-32-9-7-29/h10-13H,6-9,14H2,1-5H3. The fourth-order valence-corrected chi connectivity index (χ4v) is 5.13. The molecule has 0 unspecified atom stereocenters. The molecule has 0 radical (unpaired) electrons. The summed E-state index contributed by atoms with van der Waals surface area (Å²) in [7, 11) is 1.63. The number of nitrogens with zero attached hydrogens (tertiary/aromatic N) is 4. The summed E-state index contributed by atoms with van der Waals surface area (Å²) in [5, 5.41) is 1.62. The van der Waals surface area contributed by atoms with Gasteiger partial charge in [0, 0.05) is 42.2 Å². The maximum absolute atomic E-state index is 6.56. The number of halogens is 1. The number of fused-ring (bicyclic) bond motifs is 2. The SMILES string of the molecule is COc1cc2nc(C)c(C)c(N3CC(C)(C)c4ncc(N5CCOCC5)cc43)c2cc1Cl. The van der Waals surface area contributed by atoms with Crippen LogP contribution < -0.4 is 14.5 Å². The zero-order valence-corrected chi connectivity index (χ0v) is 20.1. The average molecular weight is 453 g/mol. The smallest absolute Gasteiger partial charge is 0.139 e. The van der Waals surface area contributed by atoms with Crippen molar-refractivity contribution in [1.29, 1.82) is 0 Å². The van der Waals surface area contributed by atoms with Crippen LogP contribution in [-0.4, -0.2) is 49.9 Å². The van der Waals surface area contributed by atoms with Crippen molar-refractivity contribution in [3.63, 3.8) is 0 Å². The fraction of sp³-hybridized carbons (Fsp3) is 0.440. The summed E-state index contributed by atoms with van der Waals surface area (Å²) in [5.41, 5.74) is 7.52. The van der Waals surface area contributed by atoms with Gasteiger partial charge in [-0.3, -0.25) is 9.97 Å². The van der Waals surface area contributed by atoms with Gasteiger partial charge in [-0.05, 0) is 31.5 Å². The molecule has 0 aliphatic carbocycles. The van der Waals surface area contributed by atoms with Gasteiger partial charge in [0.25, 0.3) is 0 Å². The number of benzene rings is 1. The molecule has 3 aromatic rings. The first-order chi connectivity index (χ1) is 15.3. The number of hydrogen-bond donors (Lipinski definition) is 0. The minimum absolute atomic E-state index is 0.0783. The third-order valence-electron chi connectivity index (χ3n) is 6.70. The van der Waals surface area contributed by atoms with E-state index >= 15 is 0 Å². The van der Waals surface area contributed by atoms with E-state index in [1.807, 2.05) is 18.3 Å². The lowest BCUT2D eigenvalue weighted by Crippen LogP contribution is -2.36. The van der Waals surface area contributed by atoms with Crippen LogP contribution in [0.4, 0.5) is 17.1 Å². The average Bonchev–Trinajstić information content (AvgIpc) is 3.05. The maximum Gasteiger partial charge on any atom is 0.139 e. The number of pyridine rings is 2. The van der Waals surface area contributed by atoms with Crippen molar-refractivity contribution < 1.29 is 9.47 Å². The molecule has 4 heterocycles. The lowest BCUT2D eigenvalue weighted by molar-refractivity contribution is 0.122. The fourth-order valence-electron chi connectivity index (χ4n) is 4.89. The van der Waals surface area contributed by atoms with Crippen molar-refractivity contribution in [2.45, 2.75) is 33.1 Å². The molecule has 2 aliphatic rings. The van der Waals surface area contributed by atoms with E-state index in [-0.39, 0.29) is 5.41 Å². The van der Waals surface area contributed by atoms with Gasteiger partial charge in [0.2, 0.25) is 0 Å². The van der Waals surface area contributed by atoms with Gasteiger partial charge >= 0.3 is 0 Å². The number of aromatic nitrogens is 2. The van der Waals surface area contributed by atoms with Gasteiger partial charge in [-0.1, -0.05) is 25.4 Å². The number of rotatable bonds is 3. The first-order valence-corrected chi connectivity index (χ1v) is 11.4. The molecule has 2 aromatic heterocycles. The van der Waals surface area contributed by atoms with Crippen LogP contribution in [-0.2, 0) is 10.2 Å². The summed E-state index contributed by atoms with van der Waals surface area (Å²) in [6.07, 6.45) is 2.01. The van der Waals surface area contributed by atoms with Crippen molar-refractivity contribution in [3.05, 3.63) is 46.4 Å². The molecule has 0 bridgehead atoms. The topological polar surface area (TPSA) is 50.7 Å². The van der Waals surface area contributed by atoms with Crippen molar-refractivity contribution in [2.75, 3.05) is 49.8 Å². The lowest BCUT2D eigenvalue weighted by Gasteiger charge is -2.30. The highest BCUT2D eigenvalue weighted by Gasteiger charge is 2.39. The van der Waals surface area contributed by atoms with Crippen LogP contribution in [0.15, 0.2) is 24.4 Å². The Labute approximate surface area is 194 Å². The number of aryl methyl sites for hydroxylation is 1. The Kier molecular flexibility index (Phi) is 5.18. The highest BCUT2D eigenvalue weighted by Crippen LogP contribution is 2.48. The molecular weight excluding hydrogens is 424 g/mol. The van der Waals surface area contributed by atoms with Crippen LogP contribution in [0.1, 0.15) is 30.8 Å². The van der Waals surface area contributed by atoms with Gasteiger partial charge in [-0.2, -0.15) is 0 Å². The van der Waals surface area contributed by atoms with Crippen LogP contribution in [0.5, 0.6) is 5.75 Å². The van der Waals surface area contributed by atoms with E-state index < -0.39 is 0 Å². The van der Waals surface area contributed by atoms with E-state index in [4.69, 9.17) is 31.0 Å². The molecule has 1 fully saturated rings. The van der Waals surface area contributed by atoms with Gasteiger partial charge in [0.1, 0.15) is 5.75 Å². The minimum Gasteiger partial charge on any atom is -0.495 e. The van der Waals surface area contributed by atoms with Gasteiger partial charge < -0.3 is 19.3 Å². The molecule has 2 aliphatic heterocycles. The van der Waals surface area contributed by atoms with Crippen molar-refractivity contribution in [1.82, 2.24) is 9.97 Å². The predicted octanol–water partition coefficient (Wildman–Crippen LogP) is 5.17. The zero-order chi connectivity index (χ0) is 22.6. The molecule has 0 N–H and O–H groups in total. The summed E-state index contributed by atoms with van der Waals surface area (Å²) in [6, 6.07) is 6.20. The molecular formula is C25H29ClN4O2. The number of hydrogen-bond acceptors (Lipinski definition) is 6. The Morgan fingerprint density at radius 3 is 2.59 bits per heavy atom. The van der Waals surface area contributed by atoms with Gasteiger partial charge in [-0.15, -0.1) is 0 Å². The first kappa shape index (κ1) is 21.3. The number of anilines is 3. The molecule has 6 nitrogen and oxygen atoms in total. The van der Waals surface area contributed by atoms with E-state index in [0.29, 0.717) is 10.8 Å². The lowest BCUT2D eigenvalue weighted by atomic mass is 9.91. The van der Waals surface area contributed by atoms with Crippen LogP contribution >= 0.6 is 11.6 Å². The number of ether oxygens (including phenoxy) is 2. The zero-order valence-electron chi connectivity index (χ0n) is 19.3. The summed E-state index contributed by atoms with van der Waals surface area (Å²) in [6.45, 7) is 12.8. The summed E-state index contributed by atoms with van der Waals surface area (Å²) in [4.78, 5) is 14.5. The Bertz CT molecular complexity index is 1200. The molecule has 1 aromatic carbocycles. The Morgan fingerprint density at radius 2 is 1.88 bits per heavy atom. The van der Waals surface area contributed by atoms with E-state index in [2.05, 4.69) is 43.6 Å².